The van der Waals surface area contributed by atoms with E-state index in [0.29, 0.717) is 16.2 Å². The van der Waals surface area contributed by atoms with Crippen molar-refractivity contribution in [3.63, 3.8) is 0 Å². The van der Waals surface area contributed by atoms with Gasteiger partial charge in [-0.3, -0.25) is 0 Å². The predicted octanol–water partition coefficient (Wildman–Crippen LogP) is 6.42. The summed E-state index contributed by atoms with van der Waals surface area (Å²) < 4.78 is 0. The molecule has 4 aliphatic carbocycles. The molecule has 4 saturated carbocycles. The molecule has 0 aromatic carbocycles. The Morgan fingerprint density at radius 1 is 0.905 bits per heavy atom. The van der Waals surface area contributed by atoms with E-state index in [2.05, 4.69) is 27.7 Å². The summed E-state index contributed by atoms with van der Waals surface area (Å²) in [6.45, 7) is 10.2. The minimum absolute atomic E-state index is 0.157. The zero-order valence-electron chi connectivity index (χ0n) is 14.5. The fourth-order valence-corrected chi connectivity index (χ4v) is 8.50. The Balaban J connectivity index is 1.73. The van der Waals surface area contributed by atoms with Gasteiger partial charge in [-0.25, -0.2) is 0 Å². The molecule has 1 spiro atoms. The standard InChI is InChI=1S/C20H33Cl/c1-14-12-19-10-6-15-17(2,3)8-5-9-18(15,4)16(19)7-11-20(14,21)13-19/h14-16H,5-13H2,1-4H3/t14?,15-,16+,18-,19+,20-/m0/s1. The van der Waals surface area contributed by atoms with Gasteiger partial charge in [-0.05, 0) is 85.4 Å². The van der Waals surface area contributed by atoms with Crippen LogP contribution in [0.5, 0.6) is 0 Å². The van der Waals surface area contributed by atoms with Gasteiger partial charge >= 0.3 is 0 Å². The Morgan fingerprint density at radius 3 is 2.38 bits per heavy atom. The van der Waals surface area contributed by atoms with Crippen molar-refractivity contribution in [1.82, 2.24) is 0 Å². The lowest BCUT2D eigenvalue weighted by Gasteiger charge is -2.64. The molecule has 120 valence electrons. The summed E-state index contributed by atoms with van der Waals surface area (Å²) >= 11 is 7.04. The third kappa shape index (κ3) is 1.81. The molecule has 21 heavy (non-hydrogen) atoms. The average molecular weight is 309 g/mol. The summed E-state index contributed by atoms with van der Waals surface area (Å²) in [4.78, 5) is 0.157. The largest absolute Gasteiger partial charge is 0.119 e. The highest BCUT2D eigenvalue weighted by Gasteiger charge is 2.66. The Labute approximate surface area is 136 Å². The Hall–Kier alpha value is 0.290. The molecule has 0 N–H and O–H groups in total. The van der Waals surface area contributed by atoms with Crippen molar-refractivity contribution < 1.29 is 0 Å². The number of halogens is 1. The molecule has 0 nitrogen and oxygen atoms in total. The second kappa shape index (κ2) is 4.22. The van der Waals surface area contributed by atoms with Crippen LogP contribution in [0.2, 0.25) is 0 Å². The SMILES string of the molecule is CC1C[C@@]23CC[C@H]4C(C)(C)CCC[C@]4(C)[C@H]2CC[C@]1(Cl)C3. The highest BCUT2D eigenvalue weighted by atomic mass is 35.5. The first-order valence-corrected chi connectivity index (χ1v) is 9.79. The first kappa shape index (κ1) is 14.9. The molecule has 1 unspecified atom stereocenters. The molecule has 6 atom stereocenters. The second-order valence-corrected chi connectivity index (χ2v) is 11.0. The third-order valence-electron chi connectivity index (χ3n) is 8.83. The Kier molecular flexibility index (Phi) is 2.99. The molecule has 0 amide bonds. The van der Waals surface area contributed by atoms with Crippen LogP contribution in [0.15, 0.2) is 0 Å². The van der Waals surface area contributed by atoms with Gasteiger partial charge in [0, 0.05) is 4.87 Å². The monoisotopic (exact) mass is 308 g/mol. The van der Waals surface area contributed by atoms with Crippen LogP contribution in [-0.2, 0) is 0 Å². The fraction of sp³-hybridized carbons (Fsp3) is 1.00. The van der Waals surface area contributed by atoms with Crippen molar-refractivity contribution in [3.8, 4) is 0 Å². The molecule has 0 radical (unpaired) electrons. The predicted molar refractivity (Wildman–Crippen MR) is 90.6 cm³/mol. The van der Waals surface area contributed by atoms with E-state index in [4.69, 9.17) is 11.6 Å². The lowest BCUT2D eigenvalue weighted by Crippen LogP contribution is -2.56. The van der Waals surface area contributed by atoms with E-state index >= 15 is 0 Å². The molecule has 2 bridgehead atoms. The van der Waals surface area contributed by atoms with Gasteiger partial charge in [0.15, 0.2) is 0 Å². The van der Waals surface area contributed by atoms with Crippen LogP contribution >= 0.6 is 11.6 Å². The molecule has 0 aromatic heterocycles. The van der Waals surface area contributed by atoms with E-state index < -0.39 is 0 Å². The van der Waals surface area contributed by atoms with Gasteiger partial charge in [-0.1, -0.05) is 34.1 Å². The number of hydrogen-bond donors (Lipinski definition) is 0. The van der Waals surface area contributed by atoms with Gasteiger partial charge in [0.05, 0.1) is 0 Å². The minimum Gasteiger partial charge on any atom is -0.119 e. The van der Waals surface area contributed by atoms with Crippen molar-refractivity contribution in [2.24, 2.45) is 34.0 Å². The maximum atomic E-state index is 7.04. The summed E-state index contributed by atoms with van der Waals surface area (Å²) in [5.74, 6) is 2.65. The van der Waals surface area contributed by atoms with E-state index in [0.717, 1.165) is 17.8 Å². The van der Waals surface area contributed by atoms with Gasteiger partial charge < -0.3 is 0 Å². The average Bonchev–Trinajstić information content (AvgIpc) is 2.54. The number of rotatable bonds is 0. The molecule has 0 aromatic rings. The molecule has 4 fully saturated rings. The molecule has 4 rings (SSSR count). The van der Waals surface area contributed by atoms with Crippen LogP contribution in [0.1, 0.15) is 85.5 Å². The van der Waals surface area contributed by atoms with Gasteiger partial charge in [0.25, 0.3) is 0 Å². The zero-order valence-corrected chi connectivity index (χ0v) is 15.2. The van der Waals surface area contributed by atoms with Crippen molar-refractivity contribution >= 4 is 11.6 Å². The van der Waals surface area contributed by atoms with E-state index in [1.165, 1.54) is 57.8 Å². The van der Waals surface area contributed by atoms with Gasteiger partial charge in [-0.15, -0.1) is 11.6 Å². The van der Waals surface area contributed by atoms with Gasteiger partial charge in [0.1, 0.15) is 0 Å². The summed E-state index contributed by atoms with van der Waals surface area (Å²) in [5, 5.41) is 0. The minimum atomic E-state index is 0.157. The van der Waals surface area contributed by atoms with E-state index in [1.54, 1.807) is 0 Å². The topological polar surface area (TPSA) is 0 Å². The highest BCUT2D eigenvalue weighted by Crippen LogP contribution is 2.73. The summed E-state index contributed by atoms with van der Waals surface area (Å²) in [6, 6.07) is 0. The van der Waals surface area contributed by atoms with Crippen molar-refractivity contribution in [3.05, 3.63) is 0 Å². The van der Waals surface area contributed by atoms with Crippen molar-refractivity contribution in [1.29, 1.82) is 0 Å². The smallest absolute Gasteiger partial charge is 0.0478 e. The fourth-order valence-electron chi connectivity index (χ4n) is 8.04. The van der Waals surface area contributed by atoms with E-state index in [1.807, 2.05) is 0 Å². The maximum absolute atomic E-state index is 7.04. The normalized spacial score (nSPS) is 58.4. The number of alkyl halides is 1. The second-order valence-electron chi connectivity index (χ2n) is 10.2. The zero-order chi connectivity index (χ0) is 15.1. The first-order chi connectivity index (χ1) is 9.72. The van der Waals surface area contributed by atoms with Gasteiger partial charge in [0.2, 0.25) is 0 Å². The molecule has 0 aliphatic heterocycles. The first-order valence-electron chi connectivity index (χ1n) is 9.41. The van der Waals surface area contributed by atoms with Gasteiger partial charge in [-0.2, -0.15) is 0 Å². The van der Waals surface area contributed by atoms with Crippen molar-refractivity contribution in [2.75, 3.05) is 0 Å². The highest BCUT2D eigenvalue weighted by molar-refractivity contribution is 6.24. The summed E-state index contributed by atoms with van der Waals surface area (Å²) in [6.07, 6.45) is 12.8. The quantitative estimate of drug-likeness (QED) is 0.453. The number of fused-ring (bicyclic) bond motifs is 3. The summed E-state index contributed by atoms with van der Waals surface area (Å²) in [7, 11) is 0. The van der Waals surface area contributed by atoms with E-state index in [-0.39, 0.29) is 4.87 Å². The van der Waals surface area contributed by atoms with Crippen LogP contribution in [0, 0.1) is 34.0 Å². The summed E-state index contributed by atoms with van der Waals surface area (Å²) in [5.41, 5.74) is 1.77. The molecule has 1 heteroatoms. The van der Waals surface area contributed by atoms with Crippen LogP contribution < -0.4 is 0 Å². The molecule has 4 aliphatic rings. The van der Waals surface area contributed by atoms with E-state index in [9.17, 15) is 0 Å². The molecule has 0 saturated heterocycles. The lowest BCUT2D eigenvalue weighted by atomic mass is 9.41. The van der Waals surface area contributed by atoms with Crippen LogP contribution in [0.3, 0.4) is 0 Å². The molecular weight excluding hydrogens is 276 g/mol. The maximum Gasteiger partial charge on any atom is 0.0478 e. The Morgan fingerprint density at radius 2 is 1.62 bits per heavy atom. The molecular formula is C20H33Cl. The van der Waals surface area contributed by atoms with Crippen LogP contribution in [0.4, 0.5) is 0 Å². The molecule has 0 heterocycles. The third-order valence-corrected chi connectivity index (χ3v) is 9.53. The van der Waals surface area contributed by atoms with Crippen LogP contribution in [-0.4, -0.2) is 4.87 Å². The Bertz CT molecular complexity index is 455. The van der Waals surface area contributed by atoms with Crippen LogP contribution in [0.25, 0.3) is 0 Å². The lowest BCUT2D eigenvalue weighted by molar-refractivity contribution is -0.143. The number of hydrogen-bond acceptors (Lipinski definition) is 0. The van der Waals surface area contributed by atoms with Crippen molar-refractivity contribution in [2.45, 2.75) is 90.4 Å².